The van der Waals surface area contributed by atoms with Gasteiger partial charge in [-0.05, 0) is 30.3 Å². The van der Waals surface area contributed by atoms with Gasteiger partial charge in [-0.25, -0.2) is 0 Å². The molecule has 9 nitrogen and oxygen atoms in total. The first-order valence-corrected chi connectivity index (χ1v) is 8.24. The van der Waals surface area contributed by atoms with Crippen molar-refractivity contribution in [3.8, 4) is 0 Å². The number of amides is 3. The van der Waals surface area contributed by atoms with Crippen LogP contribution in [0.4, 0.5) is 11.4 Å². The Kier molecular flexibility index (Phi) is 4.04. The highest BCUT2D eigenvalue weighted by molar-refractivity contribution is 6.24. The van der Waals surface area contributed by atoms with E-state index in [1.807, 2.05) is 0 Å². The van der Waals surface area contributed by atoms with Gasteiger partial charge in [0.05, 0.1) is 21.7 Å². The standard InChI is InChI=1S/C19H12N4O5/c24-16(21-14-7-2-6-13-11(14)5-3-9-20-13)10-22-18(25)12-4-1-8-15(23(27)28)17(12)19(22)26/h1-9H,10H2,(H,21,24). The molecular formula is C19H12N4O5. The predicted molar refractivity (Wildman–Crippen MR) is 98.8 cm³/mol. The van der Waals surface area contributed by atoms with Crippen LogP contribution in [-0.4, -0.2) is 39.1 Å². The smallest absolute Gasteiger partial charge is 0.282 e. The number of hydrogen-bond donors (Lipinski definition) is 1. The molecule has 1 aliphatic heterocycles. The second kappa shape index (κ2) is 6.54. The van der Waals surface area contributed by atoms with E-state index in [2.05, 4.69) is 10.3 Å². The summed E-state index contributed by atoms with van der Waals surface area (Å²) < 4.78 is 0. The molecule has 2 heterocycles. The van der Waals surface area contributed by atoms with Crippen LogP contribution in [0.5, 0.6) is 0 Å². The summed E-state index contributed by atoms with van der Waals surface area (Å²) in [7, 11) is 0. The van der Waals surface area contributed by atoms with Gasteiger partial charge in [0, 0.05) is 17.6 Å². The van der Waals surface area contributed by atoms with Gasteiger partial charge in [-0.15, -0.1) is 0 Å². The Balaban J connectivity index is 1.59. The third-order valence-corrected chi connectivity index (χ3v) is 4.40. The van der Waals surface area contributed by atoms with E-state index >= 15 is 0 Å². The third-order valence-electron chi connectivity index (χ3n) is 4.40. The number of carbonyl (C=O) groups excluding carboxylic acids is 3. The lowest BCUT2D eigenvalue weighted by molar-refractivity contribution is -0.385. The van der Waals surface area contributed by atoms with Crippen LogP contribution in [-0.2, 0) is 4.79 Å². The Bertz CT molecular complexity index is 1170. The van der Waals surface area contributed by atoms with Crippen molar-refractivity contribution in [2.45, 2.75) is 0 Å². The van der Waals surface area contributed by atoms with Gasteiger partial charge in [0.25, 0.3) is 17.5 Å². The van der Waals surface area contributed by atoms with E-state index in [-0.39, 0.29) is 11.1 Å². The number of anilines is 1. The monoisotopic (exact) mass is 376 g/mol. The van der Waals surface area contributed by atoms with Crippen LogP contribution in [0.25, 0.3) is 10.9 Å². The number of nitrogens with one attached hydrogen (secondary N) is 1. The molecule has 0 saturated carbocycles. The zero-order valence-electron chi connectivity index (χ0n) is 14.3. The second-order valence-electron chi connectivity index (χ2n) is 6.08. The van der Waals surface area contributed by atoms with Gasteiger partial charge in [-0.1, -0.05) is 12.1 Å². The van der Waals surface area contributed by atoms with Gasteiger partial charge < -0.3 is 5.32 Å². The number of rotatable bonds is 4. The van der Waals surface area contributed by atoms with Crippen LogP contribution < -0.4 is 5.32 Å². The molecule has 1 N–H and O–H groups in total. The Morgan fingerprint density at radius 1 is 1.07 bits per heavy atom. The molecule has 3 amide bonds. The lowest BCUT2D eigenvalue weighted by Crippen LogP contribution is -2.37. The zero-order valence-corrected chi connectivity index (χ0v) is 14.3. The van der Waals surface area contributed by atoms with Gasteiger partial charge in [0.2, 0.25) is 5.91 Å². The average molecular weight is 376 g/mol. The highest BCUT2D eigenvalue weighted by atomic mass is 16.6. The minimum absolute atomic E-state index is 0.0821. The summed E-state index contributed by atoms with van der Waals surface area (Å²) >= 11 is 0. The summed E-state index contributed by atoms with van der Waals surface area (Å²) in [5.74, 6) is -2.20. The molecule has 9 heteroatoms. The summed E-state index contributed by atoms with van der Waals surface area (Å²) in [6.07, 6.45) is 1.62. The first kappa shape index (κ1) is 17.3. The SMILES string of the molecule is O=C(CN1C(=O)c2cccc([N+](=O)[O-])c2C1=O)Nc1cccc2ncccc12. The molecule has 0 aliphatic carbocycles. The molecule has 28 heavy (non-hydrogen) atoms. The van der Waals surface area contributed by atoms with Crippen molar-refractivity contribution in [1.29, 1.82) is 0 Å². The highest BCUT2D eigenvalue weighted by Gasteiger charge is 2.41. The van der Waals surface area contributed by atoms with Gasteiger partial charge in [-0.2, -0.15) is 0 Å². The van der Waals surface area contributed by atoms with Crippen molar-refractivity contribution in [1.82, 2.24) is 9.88 Å². The number of nitro benzene ring substituents is 1. The minimum Gasteiger partial charge on any atom is -0.324 e. The summed E-state index contributed by atoms with van der Waals surface area (Å²) in [5.41, 5.74) is 0.328. The second-order valence-corrected chi connectivity index (χ2v) is 6.08. The number of nitro groups is 1. The van der Waals surface area contributed by atoms with Crippen molar-refractivity contribution in [3.05, 3.63) is 76.0 Å². The Labute approximate surface area is 157 Å². The highest BCUT2D eigenvalue weighted by Crippen LogP contribution is 2.30. The fourth-order valence-corrected chi connectivity index (χ4v) is 3.16. The van der Waals surface area contributed by atoms with E-state index < -0.39 is 34.9 Å². The van der Waals surface area contributed by atoms with Crippen LogP contribution in [0.1, 0.15) is 20.7 Å². The Hall–Kier alpha value is -4.14. The van der Waals surface area contributed by atoms with E-state index in [0.717, 1.165) is 6.07 Å². The van der Waals surface area contributed by atoms with Crippen LogP contribution in [0.2, 0.25) is 0 Å². The van der Waals surface area contributed by atoms with E-state index in [0.29, 0.717) is 21.5 Å². The largest absolute Gasteiger partial charge is 0.324 e. The molecule has 0 bridgehead atoms. The van der Waals surface area contributed by atoms with E-state index in [1.54, 1.807) is 36.5 Å². The number of aromatic nitrogens is 1. The predicted octanol–water partition coefficient (Wildman–Crippen LogP) is 2.38. The molecule has 3 aromatic rings. The molecule has 0 saturated heterocycles. The van der Waals surface area contributed by atoms with Crippen molar-refractivity contribution in [2.24, 2.45) is 0 Å². The topological polar surface area (TPSA) is 123 Å². The molecule has 1 aromatic heterocycles. The fraction of sp³-hybridized carbons (Fsp3) is 0.0526. The van der Waals surface area contributed by atoms with Crippen LogP contribution in [0.3, 0.4) is 0 Å². The molecule has 4 rings (SSSR count). The number of benzene rings is 2. The van der Waals surface area contributed by atoms with Crippen molar-refractivity contribution < 1.29 is 19.3 Å². The number of imide groups is 1. The average Bonchev–Trinajstić information content (AvgIpc) is 2.93. The number of nitrogens with zero attached hydrogens (tertiary/aromatic N) is 3. The Morgan fingerprint density at radius 2 is 1.86 bits per heavy atom. The number of fused-ring (bicyclic) bond motifs is 2. The summed E-state index contributed by atoms with van der Waals surface area (Å²) in [4.78, 5) is 52.8. The lowest BCUT2D eigenvalue weighted by Gasteiger charge is -2.14. The van der Waals surface area contributed by atoms with Crippen LogP contribution >= 0.6 is 0 Å². The van der Waals surface area contributed by atoms with E-state index in [4.69, 9.17) is 0 Å². The van der Waals surface area contributed by atoms with Gasteiger partial charge in [0.1, 0.15) is 12.1 Å². The summed E-state index contributed by atoms with van der Waals surface area (Å²) in [6.45, 7) is -0.555. The van der Waals surface area contributed by atoms with Crippen molar-refractivity contribution in [3.63, 3.8) is 0 Å². The quantitative estimate of drug-likeness (QED) is 0.424. The molecule has 2 aromatic carbocycles. The maximum Gasteiger partial charge on any atom is 0.282 e. The number of carbonyl (C=O) groups is 3. The molecular weight excluding hydrogens is 364 g/mol. The third kappa shape index (κ3) is 2.75. The van der Waals surface area contributed by atoms with Gasteiger partial charge >= 0.3 is 0 Å². The van der Waals surface area contributed by atoms with Crippen molar-refractivity contribution in [2.75, 3.05) is 11.9 Å². The molecule has 0 spiro atoms. The molecule has 1 aliphatic rings. The zero-order chi connectivity index (χ0) is 19.8. The maximum absolute atomic E-state index is 12.5. The minimum atomic E-state index is -0.859. The fourth-order valence-electron chi connectivity index (χ4n) is 3.16. The first-order chi connectivity index (χ1) is 13.5. The van der Waals surface area contributed by atoms with Crippen LogP contribution in [0, 0.1) is 10.1 Å². The molecule has 0 unspecified atom stereocenters. The molecule has 0 fully saturated rings. The summed E-state index contributed by atoms with van der Waals surface area (Å²) in [5, 5.41) is 14.5. The summed E-state index contributed by atoms with van der Waals surface area (Å²) in [6, 6.07) is 12.5. The number of pyridine rings is 1. The first-order valence-electron chi connectivity index (χ1n) is 8.24. The lowest BCUT2D eigenvalue weighted by atomic mass is 10.1. The molecule has 0 radical (unpaired) electrons. The number of hydrogen-bond acceptors (Lipinski definition) is 6. The van der Waals surface area contributed by atoms with Gasteiger partial charge in [-0.3, -0.25) is 34.4 Å². The maximum atomic E-state index is 12.5. The van der Waals surface area contributed by atoms with E-state index in [1.165, 1.54) is 12.1 Å². The van der Waals surface area contributed by atoms with E-state index in [9.17, 15) is 24.5 Å². The molecule has 138 valence electrons. The Morgan fingerprint density at radius 3 is 2.64 bits per heavy atom. The normalized spacial score (nSPS) is 12.9. The molecule has 0 atom stereocenters. The van der Waals surface area contributed by atoms with Crippen LogP contribution in [0.15, 0.2) is 54.7 Å². The van der Waals surface area contributed by atoms with Gasteiger partial charge in [0.15, 0.2) is 0 Å². The van der Waals surface area contributed by atoms with Crippen molar-refractivity contribution >= 4 is 40.0 Å².